The minimum absolute atomic E-state index is 0. The van der Waals surface area contributed by atoms with Crippen LogP contribution in [0.1, 0.15) is 33.6 Å². The normalized spacial score (nSPS) is 17.0. The van der Waals surface area contributed by atoms with Gasteiger partial charge in [-0.15, -0.1) is 23.7 Å². The minimum atomic E-state index is -0.510. The molecular formula is C20H24Cl2N4O3S. The molecule has 1 aromatic carbocycles. The van der Waals surface area contributed by atoms with Crippen LogP contribution in [0.25, 0.3) is 0 Å². The van der Waals surface area contributed by atoms with E-state index in [4.69, 9.17) is 22.1 Å². The number of carbonyl (C=O) groups is 2. The third kappa shape index (κ3) is 5.07. The fourth-order valence-corrected chi connectivity index (χ4v) is 5.33. The van der Waals surface area contributed by atoms with Gasteiger partial charge in [-0.25, -0.2) is 4.79 Å². The van der Waals surface area contributed by atoms with E-state index in [1.165, 1.54) is 11.3 Å². The second kappa shape index (κ2) is 9.98. The maximum atomic E-state index is 12.4. The zero-order chi connectivity index (χ0) is 20.4. The van der Waals surface area contributed by atoms with Crippen molar-refractivity contribution in [2.24, 2.45) is 5.73 Å². The molecule has 162 valence electrons. The highest BCUT2D eigenvalue weighted by Gasteiger charge is 2.31. The van der Waals surface area contributed by atoms with Gasteiger partial charge in [-0.1, -0.05) is 11.6 Å². The van der Waals surface area contributed by atoms with Crippen LogP contribution in [0.15, 0.2) is 24.3 Å². The summed E-state index contributed by atoms with van der Waals surface area (Å²) < 4.78 is 5.47. The molecule has 0 spiro atoms. The molecule has 0 radical (unpaired) electrons. The number of amides is 3. The number of anilines is 2. The van der Waals surface area contributed by atoms with Crippen LogP contribution in [0.3, 0.4) is 0 Å². The third-order valence-electron chi connectivity index (χ3n) is 5.37. The third-order valence-corrected chi connectivity index (χ3v) is 6.75. The Kier molecular flexibility index (Phi) is 7.60. The van der Waals surface area contributed by atoms with E-state index < -0.39 is 11.9 Å². The number of carbonyl (C=O) groups excluding carboxylic acids is 2. The summed E-state index contributed by atoms with van der Waals surface area (Å²) in [6.45, 7) is 3.24. The van der Waals surface area contributed by atoms with E-state index in [9.17, 15) is 9.59 Å². The molecule has 0 bridgehead atoms. The molecular weight excluding hydrogens is 447 g/mol. The standard InChI is InChI=1S/C20H23ClN4O3S.ClH/c21-12-1-3-13(4-2-12)23-20(27)24-19-17(18(22)26)15-5-8-25(11-16(15)29-19)14-6-9-28-10-7-14;/h1-4,14H,5-11H2,(H2,22,26)(H2,23,24,27);1H. The fraction of sp³-hybridized carbons (Fsp3) is 0.400. The van der Waals surface area contributed by atoms with E-state index >= 15 is 0 Å². The van der Waals surface area contributed by atoms with E-state index in [1.807, 2.05) is 0 Å². The lowest BCUT2D eigenvalue weighted by Gasteiger charge is -2.36. The molecule has 3 amide bonds. The monoisotopic (exact) mass is 470 g/mol. The molecule has 4 rings (SSSR count). The maximum Gasteiger partial charge on any atom is 0.324 e. The molecule has 2 aliphatic heterocycles. The smallest absolute Gasteiger partial charge is 0.324 e. The first-order valence-corrected chi connectivity index (χ1v) is 10.8. The van der Waals surface area contributed by atoms with Crippen LogP contribution in [0, 0.1) is 0 Å². The molecule has 0 saturated carbocycles. The van der Waals surface area contributed by atoms with Crippen molar-refractivity contribution >= 4 is 58.0 Å². The molecule has 1 aromatic heterocycles. The predicted octanol–water partition coefficient (Wildman–Crippen LogP) is 4.10. The number of halogens is 2. The molecule has 30 heavy (non-hydrogen) atoms. The predicted molar refractivity (Wildman–Crippen MR) is 122 cm³/mol. The lowest BCUT2D eigenvalue weighted by Crippen LogP contribution is -2.42. The molecule has 7 nitrogen and oxygen atoms in total. The quantitative estimate of drug-likeness (QED) is 0.626. The number of urea groups is 1. The van der Waals surface area contributed by atoms with Crippen LogP contribution in [0.2, 0.25) is 5.02 Å². The summed E-state index contributed by atoms with van der Waals surface area (Å²) in [6.07, 6.45) is 2.80. The second-order valence-electron chi connectivity index (χ2n) is 7.22. The topological polar surface area (TPSA) is 96.7 Å². The molecule has 3 heterocycles. The van der Waals surface area contributed by atoms with E-state index in [1.54, 1.807) is 24.3 Å². The molecule has 1 fully saturated rings. The number of thiophene rings is 1. The largest absolute Gasteiger partial charge is 0.381 e. The van der Waals surface area contributed by atoms with Gasteiger partial charge in [0.25, 0.3) is 5.91 Å². The van der Waals surface area contributed by atoms with Crippen molar-refractivity contribution in [3.63, 3.8) is 0 Å². The summed E-state index contributed by atoms with van der Waals surface area (Å²) in [6, 6.07) is 6.89. The lowest BCUT2D eigenvalue weighted by molar-refractivity contribution is 0.0295. The van der Waals surface area contributed by atoms with Gasteiger partial charge in [0.2, 0.25) is 0 Å². The number of ether oxygens (including phenoxy) is 1. The number of rotatable bonds is 4. The average Bonchev–Trinajstić information content (AvgIpc) is 3.07. The van der Waals surface area contributed by atoms with Crippen LogP contribution in [-0.2, 0) is 17.7 Å². The number of fused-ring (bicyclic) bond motifs is 1. The van der Waals surface area contributed by atoms with E-state index in [0.717, 1.165) is 56.0 Å². The number of benzene rings is 1. The van der Waals surface area contributed by atoms with Crippen LogP contribution < -0.4 is 16.4 Å². The van der Waals surface area contributed by atoms with Crippen molar-refractivity contribution in [3.8, 4) is 0 Å². The van der Waals surface area contributed by atoms with Crippen LogP contribution in [0.5, 0.6) is 0 Å². The Bertz CT molecular complexity index is 914. The number of nitrogens with two attached hydrogens (primary N) is 1. The van der Waals surface area contributed by atoms with Gasteiger partial charge < -0.3 is 15.8 Å². The summed E-state index contributed by atoms with van der Waals surface area (Å²) >= 11 is 7.30. The van der Waals surface area contributed by atoms with Gasteiger partial charge in [-0.05, 0) is 49.1 Å². The number of primary amides is 1. The Morgan fingerprint density at radius 2 is 1.87 bits per heavy atom. The molecule has 0 unspecified atom stereocenters. The fourth-order valence-electron chi connectivity index (χ4n) is 3.93. The lowest BCUT2D eigenvalue weighted by atomic mass is 9.99. The zero-order valence-electron chi connectivity index (χ0n) is 16.3. The molecule has 10 heteroatoms. The summed E-state index contributed by atoms with van der Waals surface area (Å²) in [4.78, 5) is 28.1. The number of nitrogens with one attached hydrogen (secondary N) is 2. The van der Waals surface area contributed by atoms with E-state index in [2.05, 4.69) is 15.5 Å². The first-order chi connectivity index (χ1) is 14.0. The molecule has 2 aromatic rings. The van der Waals surface area contributed by atoms with Crippen molar-refractivity contribution in [3.05, 3.63) is 45.3 Å². The second-order valence-corrected chi connectivity index (χ2v) is 8.76. The van der Waals surface area contributed by atoms with Crippen molar-refractivity contribution in [2.75, 3.05) is 30.4 Å². The maximum absolute atomic E-state index is 12.4. The Labute approximate surface area is 190 Å². The molecule has 0 atom stereocenters. The van der Waals surface area contributed by atoms with Crippen molar-refractivity contribution < 1.29 is 14.3 Å². The van der Waals surface area contributed by atoms with Gasteiger partial charge in [-0.3, -0.25) is 15.0 Å². The van der Waals surface area contributed by atoms with Gasteiger partial charge in [0.1, 0.15) is 5.00 Å². The first kappa shape index (κ1) is 22.8. The van der Waals surface area contributed by atoms with Gasteiger partial charge >= 0.3 is 6.03 Å². The highest BCUT2D eigenvalue weighted by Crippen LogP contribution is 2.38. The summed E-state index contributed by atoms with van der Waals surface area (Å²) in [5, 5.41) is 6.64. The Morgan fingerprint density at radius 3 is 2.53 bits per heavy atom. The number of hydrogen-bond acceptors (Lipinski definition) is 5. The molecule has 1 saturated heterocycles. The van der Waals surface area contributed by atoms with Crippen molar-refractivity contribution in [2.45, 2.75) is 31.8 Å². The van der Waals surface area contributed by atoms with Gasteiger partial charge in [0, 0.05) is 47.9 Å². The van der Waals surface area contributed by atoms with Gasteiger partial charge in [-0.2, -0.15) is 0 Å². The van der Waals surface area contributed by atoms with Gasteiger partial charge in [0.15, 0.2) is 0 Å². The zero-order valence-corrected chi connectivity index (χ0v) is 18.7. The molecule has 2 aliphatic rings. The molecule has 4 N–H and O–H groups in total. The highest BCUT2D eigenvalue weighted by molar-refractivity contribution is 7.17. The van der Waals surface area contributed by atoms with E-state index in [0.29, 0.717) is 27.3 Å². The number of hydrogen-bond donors (Lipinski definition) is 3. The first-order valence-electron chi connectivity index (χ1n) is 9.61. The highest BCUT2D eigenvalue weighted by atomic mass is 35.5. The average molecular weight is 471 g/mol. The Morgan fingerprint density at radius 1 is 1.17 bits per heavy atom. The van der Waals surface area contributed by atoms with Crippen molar-refractivity contribution in [1.29, 1.82) is 0 Å². The van der Waals surface area contributed by atoms with E-state index in [-0.39, 0.29) is 12.4 Å². The minimum Gasteiger partial charge on any atom is -0.381 e. The van der Waals surface area contributed by atoms with Crippen LogP contribution >= 0.6 is 35.3 Å². The van der Waals surface area contributed by atoms with Gasteiger partial charge in [0.05, 0.1) is 5.56 Å². The molecule has 0 aliphatic carbocycles. The Hall–Kier alpha value is -1.84. The van der Waals surface area contributed by atoms with Crippen molar-refractivity contribution in [1.82, 2.24) is 4.90 Å². The SMILES string of the molecule is Cl.NC(=O)c1c(NC(=O)Nc2ccc(Cl)cc2)sc2c1CCN(C1CCOCC1)C2. The summed E-state index contributed by atoms with van der Waals surface area (Å²) in [5.74, 6) is -0.510. The van der Waals surface area contributed by atoms with Crippen LogP contribution in [-0.4, -0.2) is 42.6 Å². The number of nitrogens with zero attached hydrogens (tertiary/aromatic N) is 1. The Balaban J connectivity index is 0.00000256. The summed E-state index contributed by atoms with van der Waals surface area (Å²) in [5.41, 5.74) is 7.67. The summed E-state index contributed by atoms with van der Waals surface area (Å²) in [7, 11) is 0. The van der Waals surface area contributed by atoms with Crippen LogP contribution in [0.4, 0.5) is 15.5 Å².